The van der Waals surface area contributed by atoms with E-state index < -0.39 is 0 Å². The van der Waals surface area contributed by atoms with Crippen molar-refractivity contribution in [3.8, 4) is 0 Å². The number of Topliss-reactive ketones (excluding diaryl/α,β-unsaturated/α-hetero) is 1. The standard InChI is InChI=1S/C20H22O2S/c1-3-14-11-16(4-2)23-20-18(14)12-15-8-7-13(6-5-9-21)10-17(15)19(20)22/h6-8,10-12,16,21H,3-5,9H2,1-2H3. The van der Waals surface area contributed by atoms with E-state index in [1.807, 2.05) is 24.3 Å². The third-order valence-corrected chi connectivity index (χ3v) is 5.78. The molecule has 120 valence electrons. The van der Waals surface area contributed by atoms with Gasteiger partial charge in [-0.15, -0.1) is 11.8 Å². The maximum atomic E-state index is 13.0. The predicted molar refractivity (Wildman–Crippen MR) is 97.7 cm³/mol. The first-order valence-electron chi connectivity index (χ1n) is 8.27. The van der Waals surface area contributed by atoms with E-state index in [9.17, 15) is 4.79 Å². The minimum atomic E-state index is 0.130. The number of fused-ring (bicyclic) bond motifs is 1. The molecule has 3 rings (SSSR count). The molecule has 1 aromatic rings. The Balaban J connectivity index is 2.11. The molecule has 2 aliphatic rings. The molecule has 1 aromatic carbocycles. The van der Waals surface area contributed by atoms with E-state index in [1.165, 1.54) is 5.57 Å². The van der Waals surface area contributed by atoms with Crippen LogP contribution in [0.4, 0.5) is 0 Å². The number of carbonyl (C=O) groups excluding carboxylic acids is 1. The molecule has 0 bridgehead atoms. The first-order valence-corrected chi connectivity index (χ1v) is 9.15. The lowest BCUT2D eigenvalue weighted by atomic mass is 9.91. The van der Waals surface area contributed by atoms with Crippen molar-refractivity contribution in [1.82, 2.24) is 0 Å². The fourth-order valence-electron chi connectivity index (χ4n) is 3.08. The molecule has 1 aliphatic carbocycles. The van der Waals surface area contributed by atoms with Crippen molar-refractivity contribution >= 4 is 29.7 Å². The van der Waals surface area contributed by atoms with Crippen molar-refractivity contribution in [3.05, 3.63) is 56.3 Å². The molecule has 1 N–H and O–H groups in total. The molecular formula is C20H22O2S. The second-order valence-corrected chi connectivity index (χ2v) is 7.14. The third kappa shape index (κ3) is 3.08. The lowest BCUT2D eigenvalue weighted by molar-refractivity contribution is 0.104. The number of thioether (sulfide) groups is 1. The fraction of sp³-hybridized carbons (Fsp3) is 0.350. The van der Waals surface area contributed by atoms with Gasteiger partial charge in [0.15, 0.2) is 0 Å². The number of hydrogen-bond donors (Lipinski definition) is 1. The van der Waals surface area contributed by atoms with E-state index >= 15 is 0 Å². The zero-order valence-corrected chi connectivity index (χ0v) is 14.5. The highest BCUT2D eigenvalue weighted by Crippen LogP contribution is 2.40. The van der Waals surface area contributed by atoms with Crippen LogP contribution in [0.1, 0.15) is 43.5 Å². The summed E-state index contributed by atoms with van der Waals surface area (Å²) in [6.45, 7) is 4.45. The van der Waals surface area contributed by atoms with Crippen LogP contribution in [-0.4, -0.2) is 22.7 Å². The molecule has 0 saturated heterocycles. The van der Waals surface area contributed by atoms with Crippen LogP contribution in [0.3, 0.4) is 0 Å². The smallest absolute Gasteiger partial charge is 0.200 e. The highest BCUT2D eigenvalue weighted by Gasteiger charge is 2.28. The van der Waals surface area contributed by atoms with E-state index in [2.05, 4.69) is 26.0 Å². The van der Waals surface area contributed by atoms with Gasteiger partial charge in [-0.25, -0.2) is 0 Å². The Hall–Kier alpha value is -1.58. The van der Waals surface area contributed by atoms with Gasteiger partial charge in [0.05, 0.1) is 4.91 Å². The zero-order valence-electron chi connectivity index (χ0n) is 13.6. The predicted octanol–water partition coefficient (Wildman–Crippen LogP) is 2.94. The maximum Gasteiger partial charge on any atom is 0.200 e. The van der Waals surface area contributed by atoms with Crippen LogP contribution in [0.2, 0.25) is 0 Å². The molecule has 3 heteroatoms. The number of hydrogen-bond acceptors (Lipinski definition) is 3. The van der Waals surface area contributed by atoms with Crippen LogP contribution in [0.5, 0.6) is 0 Å². The average molecular weight is 326 g/mol. The first-order chi connectivity index (χ1) is 11.2. The molecule has 2 nitrogen and oxygen atoms in total. The Labute approximate surface area is 141 Å². The third-order valence-electron chi connectivity index (χ3n) is 4.37. The van der Waals surface area contributed by atoms with Gasteiger partial charge in [-0.2, -0.15) is 0 Å². The average Bonchev–Trinajstić information content (AvgIpc) is 2.59. The van der Waals surface area contributed by atoms with Crippen molar-refractivity contribution in [2.75, 3.05) is 6.61 Å². The molecule has 1 heterocycles. The molecule has 0 fully saturated rings. The summed E-state index contributed by atoms with van der Waals surface area (Å²) in [6, 6.07) is 5.99. The molecule has 1 unspecified atom stereocenters. The summed E-state index contributed by atoms with van der Waals surface area (Å²) in [6.07, 6.45) is 9.06. The second kappa shape index (κ2) is 6.90. The van der Waals surface area contributed by atoms with Gasteiger partial charge in [-0.1, -0.05) is 38.1 Å². The Morgan fingerprint density at radius 3 is 2.83 bits per heavy atom. The van der Waals surface area contributed by atoms with E-state index in [-0.39, 0.29) is 12.4 Å². The normalized spacial score (nSPS) is 20.8. The van der Waals surface area contributed by atoms with E-state index in [0.717, 1.165) is 39.3 Å². The Morgan fingerprint density at radius 2 is 2.13 bits per heavy atom. The highest BCUT2D eigenvalue weighted by molar-refractivity contribution is 8.04. The van der Waals surface area contributed by atoms with Gasteiger partial charge in [0.1, 0.15) is 0 Å². The van der Waals surface area contributed by atoms with Crippen LogP contribution in [0.15, 0.2) is 40.3 Å². The minimum Gasteiger partial charge on any atom is -0.396 e. The van der Waals surface area contributed by atoms with Gasteiger partial charge in [0.25, 0.3) is 0 Å². The summed E-state index contributed by atoms with van der Waals surface area (Å²) < 4.78 is 0. The summed E-state index contributed by atoms with van der Waals surface area (Å²) >= 11 is 1.70. The van der Waals surface area contributed by atoms with Crippen LogP contribution < -0.4 is 10.4 Å². The van der Waals surface area contributed by atoms with Crippen molar-refractivity contribution in [2.24, 2.45) is 0 Å². The molecule has 1 atom stereocenters. The molecular weight excluding hydrogens is 304 g/mol. The molecule has 0 radical (unpaired) electrons. The SMILES string of the molecule is CCC1=CC(CC)SC2=C1C=c1ccc(=CCCO)cc1C2=O. The van der Waals surface area contributed by atoms with Crippen LogP contribution in [0, 0.1) is 0 Å². The van der Waals surface area contributed by atoms with Gasteiger partial charge in [-0.05, 0) is 53.0 Å². The van der Waals surface area contributed by atoms with E-state index in [4.69, 9.17) is 5.11 Å². The molecule has 23 heavy (non-hydrogen) atoms. The number of rotatable bonds is 4. The maximum absolute atomic E-state index is 13.0. The van der Waals surface area contributed by atoms with Crippen molar-refractivity contribution in [2.45, 2.75) is 38.4 Å². The van der Waals surface area contributed by atoms with Crippen LogP contribution in [-0.2, 0) is 0 Å². The van der Waals surface area contributed by atoms with Gasteiger partial charge >= 0.3 is 0 Å². The molecule has 1 aliphatic heterocycles. The summed E-state index contributed by atoms with van der Waals surface area (Å²) in [5.74, 6) is 0.152. The zero-order chi connectivity index (χ0) is 16.4. The highest BCUT2D eigenvalue weighted by atomic mass is 32.2. The van der Waals surface area contributed by atoms with Crippen LogP contribution >= 0.6 is 11.8 Å². The molecule has 0 saturated carbocycles. The molecule has 0 aromatic heterocycles. The summed E-state index contributed by atoms with van der Waals surface area (Å²) in [5, 5.41) is 11.4. The summed E-state index contributed by atoms with van der Waals surface area (Å²) in [4.78, 5) is 13.9. The summed E-state index contributed by atoms with van der Waals surface area (Å²) in [5.41, 5.74) is 3.20. The van der Waals surface area contributed by atoms with Gasteiger partial charge in [0, 0.05) is 17.4 Å². The molecule has 0 amide bonds. The number of ketones is 1. The lowest BCUT2D eigenvalue weighted by Gasteiger charge is -2.26. The lowest BCUT2D eigenvalue weighted by Crippen LogP contribution is -2.26. The largest absolute Gasteiger partial charge is 0.396 e. The number of benzene rings is 1. The van der Waals surface area contributed by atoms with Crippen molar-refractivity contribution in [3.63, 3.8) is 0 Å². The van der Waals surface area contributed by atoms with Gasteiger partial charge < -0.3 is 5.11 Å². The second-order valence-electron chi connectivity index (χ2n) is 5.89. The number of carbonyl (C=O) groups is 1. The monoisotopic (exact) mass is 326 g/mol. The number of aliphatic hydroxyl groups excluding tert-OH is 1. The Bertz CT molecular complexity index is 815. The van der Waals surface area contributed by atoms with Crippen molar-refractivity contribution in [1.29, 1.82) is 0 Å². The van der Waals surface area contributed by atoms with Crippen molar-refractivity contribution < 1.29 is 9.90 Å². The Kier molecular flexibility index (Phi) is 4.88. The van der Waals surface area contributed by atoms with Crippen LogP contribution in [0.25, 0.3) is 12.2 Å². The molecule has 0 spiro atoms. The Morgan fingerprint density at radius 1 is 1.30 bits per heavy atom. The number of allylic oxidation sites excluding steroid dienone is 3. The quantitative estimate of drug-likeness (QED) is 0.924. The number of aliphatic hydroxyl groups is 1. The van der Waals surface area contributed by atoms with Gasteiger partial charge in [0.2, 0.25) is 5.78 Å². The topological polar surface area (TPSA) is 37.3 Å². The summed E-state index contributed by atoms with van der Waals surface area (Å²) in [7, 11) is 0. The fourth-order valence-corrected chi connectivity index (χ4v) is 4.32. The first kappa shape index (κ1) is 16.3. The van der Waals surface area contributed by atoms with Gasteiger partial charge in [-0.3, -0.25) is 4.79 Å². The minimum absolute atomic E-state index is 0.130. The van der Waals surface area contributed by atoms with E-state index in [1.54, 1.807) is 11.8 Å². The van der Waals surface area contributed by atoms with E-state index in [0.29, 0.717) is 11.7 Å².